The molecular formula is C11H16O2. The Kier molecular flexibility index (Phi) is 1.94. The number of hydrogen-bond donors (Lipinski definition) is 0. The molecule has 2 nitrogen and oxygen atoms in total. The standard InChI is InChI=1S/C11H16O2/c1-3-13-10(12)11(2)8-6-4-5-7-9(8)11/h4-5,8-9H,3,6-7H2,1-2H3/t8-,9+,11?. The summed E-state index contributed by atoms with van der Waals surface area (Å²) in [7, 11) is 0. The average Bonchev–Trinajstić information content (AvgIpc) is 2.76. The van der Waals surface area contributed by atoms with E-state index in [1.807, 2.05) is 13.8 Å². The van der Waals surface area contributed by atoms with Crippen LogP contribution in [0.2, 0.25) is 0 Å². The van der Waals surface area contributed by atoms with E-state index >= 15 is 0 Å². The number of esters is 1. The molecule has 2 rings (SSSR count). The lowest BCUT2D eigenvalue weighted by atomic mass is 10.1. The summed E-state index contributed by atoms with van der Waals surface area (Å²) in [5, 5.41) is 0. The summed E-state index contributed by atoms with van der Waals surface area (Å²) < 4.78 is 5.09. The Hall–Kier alpha value is -0.790. The topological polar surface area (TPSA) is 26.3 Å². The van der Waals surface area contributed by atoms with Gasteiger partial charge < -0.3 is 4.74 Å². The van der Waals surface area contributed by atoms with Gasteiger partial charge in [0.1, 0.15) is 0 Å². The predicted molar refractivity (Wildman–Crippen MR) is 50.1 cm³/mol. The summed E-state index contributed by atoms with van der Waals surface area (Å²) in [5.41, 5.74) is -0.167. The Bertz CT molecular complexity index is 241. The number of hydrogen-bond acceptors (Lipinski definition) is 2. The third kappa shape index (κ3) is 1.11. The Morgan fingerprint density at radius 3 is 2.46 bits per heavy atom. The zero-order valence-electron chi connectivity index (χ0n) is 8.25. The number of carbonyl (C=O) groups is 1. The molecular weight excluding hydrogens is 164 g/mol. The minimum absolute atomic E-state index is 0.00806. The molecule has 2 aliphatic carbocycles. The van der Waals surface area contributed by atoms with Crippen molar-refractivity contribution in [2.45, 2.75) is 26.7 Å². The largest absolute Gasteiger partial charge is 0.466 e. The number of allylic oxidation sites excluding steroid dienone is 2. The van der Waals surface area contributed by atoms with E-state index in [0.717, 1.165) is 12.8 Å². The summed E-state index contributed by atoms with van der Waals surface area (Å²) in [6.45, 7) is 4.42. The molecule has 1 fully saturated rings. The van der Waals surface area contributed by atoms with Crippen molar-refractivity contribution in [3.05, 3.63) is 12.2 Å². The Morgan fingerprint density at radius 2 is 2.00 bits per heavy atom. The van der Waals surface area contributed by atoms with Gasteiger partial charge in [0.2, 0.25) is 0 Å². The molecule has 0 bridgehead atoms. The lowest BCUT2D eigenvalue weighted by Crippen LogP contribution is -2.19. The highest BCUT2D eigenvalue weighted by molar-refractivity contribution is 5.81. The van der Waals surface area contributed by atoms with Gasteiger partial charge in [0.05, 0.1) is 12.0 Å². The second-order valence-corrected chi connectivity index (χ2v) is 4.16. The molecule has 1 saturated carbocycles. The van der Waals surface area contributed by atoms with Crippen LogP contribution in [0.1, 0.15) is 26.7 Å². The van der Waals surface area contributed by atoms with Gasteiger partial charge in [-0.3, -0.25) is 4.79 Å². The van der Waals surface area contributed by atoms with Gasteiger partial charge in [0.25, 0.3) is 0 Å². The molecule has 0 saturated heterocycles. The third-order valence-corrected chi connectivity index (χ3v) is 3.58. The van der Waals surface area contributed by atoms with Gasteiger partial charge in [0.15, 0.2) is 0 Å². The van der Waals surface area contributed by atoms with Crippen molar-refractivity contribution < 1.29 is 9.53 Å². The first-order chi connectivity index (χ1) is 6.21. The van der Waals surface area contributed by atoms with Crippen molar-refractivity contribution in [3.63, 3.8) is 0 Å². The molecule has 0 radical (unpaired) electrons. The first-order valence-electron chi connectivity index (χ1n) is 5.03. The minimum Gasteiger partial charge on any atom is -0.466 e. The SMILES string of the molecule is CCOC(=O)C1(C)[C@@H]2CC=CC[C@@H]21. The first-order valence-corrected chi connectivity index (χ1v) is 5.03. The molecule has 72 valence electrons. The van der Waals surface area contributed by atoms with Gasteiger partial charge in [-0.1, -0.05) is 12.2 Å². The molecule has 0 aliphatic heterocycles. The highest BCUT2D eigenvalue weighted by Gasteiger charge is 2.66. The lowest BCUT2D eigenvalue weighted by Gasteiger charge is -2.09. The molecule has 0 spiro atoms. The van der Waals surface area contributed by atoms with Crippen LogP contribution in [0.4, 0.5) is 0 Å². The van der Waals surface area contributed by atoms with Crippen molar-refractivity contribution in [1.82, 2.24) is 0 Å². The maximum Gasteiger partial charge on any atom is 0.312 e. The van der Waals surface area contributed by atoms with Gasteiger partial charge in [-0.05, 0) is 38.5 Å². The average molecular weight is 180 g/mol. The van der Waals surface area contributed by atoms with E-state index < -0.39 is 0 Å². The summed E-state index contributed by atoms with van der Waals surface area (Å²) in [6, 6.07) is 0. The van der Waals surface area contributed by atoms with Crippen LogP contribution >= 0.6 is 0 Å². The van der Waals surface area contributed by atoms with Crippen molar-refractivity contribution in [3.8, 4) is 0 Å². The fourth-order valence-corrected chi connectivity index (χ4v) is 2.59. The van der Waals surface area contributed by atoms with Gasteiger partial charge >= 0.3 is 5.97 Å². The second kappa shape index (κ2) is 2.86. The molecule has 0 heterocycles. The number of fused-ring (bicyclic) bond motifs is 1. The zero-order chi connectivity index (χ0) is 9.47. The molecule has 0 aromatic rings. The second-order valence-electron chi connectivity index (χ2n) is 4.16. The molecule has 0 aromatic carbocycles. The highest BCUT2D eigenvalue weighted by Crippen LogP contribution is 2.64. The summed E-state index contributed by atoms with van der Waals surface area (Å²) in [4.78, 5) is 11.6. The van der Waals surface area contributed by atoms with E-state index in [2.05, 4.69) is 12.2 Å². The molecule has 2 aliphatic rings. The van der Waals surface area contributed by atoms with Gasteiger partial charge in [-0.15, -0.1) is 0 Å². The van der Waals surface area contributed by atoms with Crippen molar-refractivity contribution >= 4 is 5.97 Å². The Morgan fingerprint density at radius 1 is 1.46 bits per heavy atom. The molecule has 0 aromatic heterocycles. The minimum atomic E-state index is -0.167. The van der Waals surface area contributed by atoms with Crippen molar-refractivity contribution in [2.75, 3.05) is 6.61 Å². The van der Waals surface area contributed by atoms with Crippen LogP contribution in [-0.4, -0.2) is 12.6 Å². The van der Waals surface area contributed by atoms with E-state index in [9.17, 15) is 4.79 Å². The molecule has 1 unspecified atom stereocenters. The van der Waals surface area contributed by atoms with Crippen molar-refractivity contribution in [1.29, 1.82) is 0 Å². The van der Waals surface area contributed by atoms with Crippen LogP contribution in [-0.2, 0) is 9.53 Å². The lowest BCUT2D eigenvalue weighted by molar-refractivity contribution is -0.150. The van der Waals surface area contributed by atoms with Crippen LogP contribution in [0, 0.1) is 17.3 Å². The fourth-order valence-electron chi connectivity index (χ4n) is 2.59. The van der Waals surface area contributed by atoms with Gasteiger partial charge in [-0.25, -0.2) is 0 Å². The molecule has 0 amide bonds. The highest BCUT2D eigenvalue weighted by atomic mass is 16.5. The van der Waals surface area contributed by atoms with E-state index in [1.165, 1.54) is 0 Å². The molecule has 3 atom stereocenters. The number of ether oxygens (including phenoxy) is 1. The third-order valence-electron chi connectivity index (χ3n) is 3.58. The summed E-state index contributed by atoms with van der Waals surface area (Å²) in [5.74, 6) is 1.11. The Balaban J connectivity index is 2.05. The zero-order valence-corrected chi connectivity index (χ0v) is 8.25. The van der Waals surface area contributed by atoms with Gasteiger partial charge in [0, 0.05) is 0 Å². The summed E-state index contributed by atoms with van der Waals surface area (Å²) in [6.07, 6.45) is 6.48. The van der Waals surface area contributed by atoms with E-state index in [-0.39, 0.29) is 11.4 Å². The van der Waals surface area contributed by atoms with Crippen molar-refractivity contribution in [2.24, 2.45) is 17.3 Å². The van der Waals surface area contributed by atoms with Crippen LogP contribution in [0.5, 0.6) is 0 Å². The normalized spacial score (nSPS) is 41.1. The van der Waals surface area contributed by atoms with Crippen LogP contribution < -0.4 is 0 Å². The van der Waals surface area contributed by atoms with Crippen LogP contribution in [0.3, 0.4) is 0 Å². The number of rotatable bonds is 2. The van der Waals surface area contributed by atoms with E-state index in [4.69, 9.17) is 4.74 Å². The van der Waals surface area contributed by atoms with Gasteiger partial charge in [-0.2, -0.15) is 0 Å². The summed E-state index contributed by atoms with van der Waals surface area (Å²) >= 11 is 0. The predicted octanol–water partition coefficient (Wildman–Crippen LogP) is 2.15. The van der Waals surface area contributed by atoms with E-state index in [0.29, 0.717) is 18.4 Å². The number of carbonyl (C=O) groups excluding carboxylic acids is 1. The maximum atomic E-state index is 11.6. The Labute approximate surface area is 79.0 Å². The quantitative estimate of drug-likeness (QED) is 0.481. The molecule has 13 heavy (non-hydrogen) atoms. The molecule has 0 N–H and O–H groups in total. The van der Waals surface area contributed by atoms with Crippen LogP contribution in [0.25, 0.3) is 0 Å². The van der Waals surface area contributed by atoms with Crippen LogP contribution in [0.15, 0.2) is 12.2 Å². The monoisotopic (exact) mass is 180 g/mol. The van der Waals surface area contributed by atoms with E-state index in [1.54, 1.807) is 0 Å². The smallest absolute Gasteiger partial charge is 0.312 e. The molecule has 2 heteroatoms. The first kappa shape index (κ1) is 8.79. The fraction of sp³-hybridized carbons (Fsp3) is 0.727. The maximum absolute atomic E-state index is 11.6.